The molecule has 0 fully saturated rings. The third-order valence-corrected chi connectivity index (χ3v) is 4.20. The molecule has 2 aromatic carbocycles. The second kappa shape index (κ2) is 9.68. The number of esters is 2. The van der Waals surface area contributed by atoms with Crippen molar-refractivity contribution in [3.8, 4) is 0 Å². The maximum absolute atomic E-state index is 12.5. The third kappa shape index (κ3) is 5.52. The van der Waals surface area contributed by atoms with Crippen LogP contribution in [0.15, 0.2) is 64.6 Å². The molecule has 0 aromatic heterocycles. The van der Waals surface area contributed by atoms with Crippen LogP contribution in [0, 0.1) is 0 Å². The highest BCUT2D eigenvalue weighted by Gasteiger charge is 2.31. The lowest BCUT2D eigenvalue weighted by molar-refractivity contribution is -0.145. The number of hydrogen-bond donors (Lipinski definition) is 1. The molecular formula is C20H18BrNO5. The largest absolute Gasteiger partial charge is 0.467 e. The van der Waals surface area contributed by atoms with Gasteiger partial charge in [-0.25, -0.2) is 9.59 Å². The molecule has 1 atom stereocenters. The number of carbonyl (C=O) groups excluding carboxylic acids is 3. The van der Waals surface area contributed by atoms with Crippen LogP contribution in [0.1, 0.15) is 15.9 Å². The number of methoxy groups -OCH3 is 2. The predicted molar refractivity (Wildman–Crippen MR) is 104 cm³/mol. The zero-order valence-electron chi connectivity index (χ0n) is 14.8. The number of ether oxygens (including phenoxy) is 2. The summed E-state index contributed by atoms with van der Waals surface area (Å²) in [5, 5.41) is 2.54. The highest BCUT2D eigenvalue weighted by molar-refractivity contribution is 9.10. The Morgan fingerprint density at radius 1 is 0.963 bits per heavy atom. The first kappa shape index (κ1) is 20.4. The molecular weight excluding hydrogens is 414 g/mol. The summed E-state index contributed by atoms with van der Waals surface area (Å²) in [5.74, 6) is -2.06. The number of halogens is 1. The number of rotatable bonds is 6. The molecule has 1 N–H and O–H groups in total. The molecule has 0 saturated heterocycles. The van der Waals surface area contributed by atoms with Gasteiger partial charge in [-0.1, -0.05) is 46.3 Å². The monoisotopic (exact) mass is 431 g/mol. The summed E-state index contributed by atoms with van der Waals surface area (Å²) in [6.07, 6.45) is 1.48. The van der Waals surface area contributed by atoms with Crippen molar-refractivity contribution in [2.45, 2.75) is 6.04 Å². The van der Waals surface area contributed by atoms with Crippen molar-refractivity contribution in [1.29, 1.82) is 0 Å². The van der Waals surface area contributed by atoms with E-state index >= 15 is 0 Å². The number of carbonyl (C=O) groups is 3. The van der Waals surface area contributed by atoms with E-state index in [2.05, 4.69) is 21.2 Å². The summed E-state index contributed by atoms with van der Waals surface area (Å²) in [6.45, 7) is 0. The van der Waals surface area contributed by atoms with Gasteiger partial charge >= 0.3 is 11.9 Å². The Balaban J connectivity index is 2.40. The summed E-state index contributed by atoms with van der Waals surface area (Å²) >= 11 is 3.29. The molecule has 6 nitrogen and oxygen atoms in total. The van der Waals surface area contributed by atoms with Gasteiger partial charge in [-0.2, -0.15) is 0 Å². The number of amides is 1. The molecule has 0 bridgehead atoms. The van der Waals surface area contributed by atoms with Gasteiger partial charge in [0.05, 0.1) is 19.8 Å². The lowest BCUT2D eigenvalue weighted by Crippen LogP contribution is -2.44. The van der Waals surface area contributed by atoms with Gasteiger partial charge in [0.2, 0.25) is 0 Å². The van der Waals surface area contributed by atoms with E-state index in [0.717, 1.165) is 4.47 Å². The molecule has 1 amide bonds. The topological polar surface area (TPSA) is 81.7 Å². The van der Waals surface area contributed by atoms with Crippen LogP contribution in [0.25, 0.3) is 6.08 Å². The summed E-state index contributed by atoms with van der Waals surface area (Å²) in [4.78, 5) is 37.1. The average Bonchev–Trinajstić information content (AvgIpc) is 2.70. The first-order chi connectivity index (χ1) is 13.0. The van der Waals surface area contributed by atoms with Crippen molar-refractivity contribution in [2.75, 3.05) is 14.2 Å². The van der Waals surface area contributed by atoms with Gasteiger partial charge < -0.3 is 14.8 Å². The fraction of sp³-hybridized carbons (Fsp3) is 0.150. The van der Waals surface area contributed by atoms with Gasteiger partial charge in [0.25, 0.3) is 5.91 Å². The molecule has 27 heavy (non-hydrogen) atoms. The summed E-state index contributed by atoms with van der Waals surface area (Å²) in [5.41, 5.74) is 0.960. The Kier molecular flexibility index (Phi) is 7.31. The van der Waals surface area contributed by atoms with Crippen LogP contribution in [0.5, 0.6) is 0 Å². The van der Waals surface area contributed by atoms with Gasteiger partial charge in [0.15, 0.2) is 6.04 Å². The van der Waals surface area contributed by atoms with Crippen molar-refractivity contribution < 1.29 is 23.9 Å². The average molecular weight is 432 g/mol. The van der Waals surface area contributed by atoms with Gasteiger partial charge in [-0.15, -0.1) is 0 Å². The van der Waals surface area contributed by atoms with Crippen LogP contribution in [0.2, 0.25) is 0 Å². The summed E-state index contributed by atoms with van der Waals surface area (Å²) in [6, 6.07) is 14.2. The minimum absolute atomic E-state index is 0.0407. The molecule has 0 aliphatic carbocycles. The lowest BCUT2D eigenvalue weighted by Gasteiger charge is -2.18. The van der Waals surface area contributed by atoms with E-state index in [1.165, 1.54) is 20.3 Å². The van der Waals surface area contributed by atoms with Crippen molar-refractivity contribution >= 4 is 39.9 Å². The van der Waals surface area contributed by atoms with Crippen LogP contribution in [0.4, 0.5) is 0 Å². The molecule has 7 heteroatoms. The van der Waals surface area contributed by atoms with Gasteiger partial charge in [-0.3, -0.25) is 4.79 Å². The Morgan fingerprint density at radius 3 is 2.15 bits per heavy atom. The molecule has 2 rings (SSSR count). The smallest absolute Gasteiger partial charge is 0.336 e. The fourth-order valence-corrected chi connectivity index (χ4v) is 2.57. The third-order valence-electron chi connectivity index (χ3n) is 3.67. The van der Waals surface area contributed by atoms with E-state index in [-0.39, 0.29) is 5.57 Å². The quantitative estimate of drug-likeness (QED) is 0.561. The molecule has 140 valence electrons. The maximum atomic E-state index is 12.5. The highest BCUT2D eigenvalue weighted by Crippen LogP contribution is 2.15. The lowest BCUT2D eigenvalue weighted by atomic mass is 10.0. The minimum Gasteiger partial charge on any atom is -0.467 e. The number of hydrogen-bond acceptors (Lipinski definition) is 5. The van der Waals surface area contributed by atoms with Crippen LogP contribution in [-0.4, -0.2) is 38.1 Å². The molecule has 0 saturated carbocycles. The Morgan fingerprint density at radius 2 is 1.59 bits per heavy atom. The summed E-state index contributed by atoms with van der Waals surface area (Å²) in [7, 11) is 2.38. The first-order valence-corrected chi connectivity index (χ1v) is 8.74. The SMILES string of the molecule is COC(=O)/C(=C/c1ccccc1)C(NC(=O)c1ccc(Br)cc1)C(=O)OC. The highest BCUT2D eigenvalue weighted by atomic mass is 79.9. The zero-order chi connectivity index (χ0) is 19.8. The van der Waals surface area contributed by atoms with E-state index in [0.29, 0.717) is 11.1 Å². The summed E-state index contributed by atoms with van der Waals surface area (Å²) < 4.78 is 10.4. The zero-order valence-corrected chi connectivity index (χ0v) is 16.4. The number of benzene rings is 2. The van der Waals surface area contributed by atoms with Crippen molar-refractivity contribution in [3.05, 3.63) is 75.8 Å². The number of nitrogens with one attached hydrogen (secondary N) is 1. The van der Waals surface area contributed by atoms with E-state index in [9.17, 15) is 14.4 Å². The Labute approximate surface area is 165 Å². The molecule has 2 aromatic rings. The van der Waals surface area contributed by atoms with Gasteiger partial charge in [0.1, 0.15) is 0 Å². The standard InChI is InChI=1S/C20H18BrNO5/c1-26-19(24)16(12-13-6-4-3-5-7-13)17(20(25)27-2)22-18(23)14-8-10-15(21)11-9-14/h3-12,17H,1-2H3,(H,22,23)/b16-12+. The molecule has 0 aliphatic heterocycles. The molecule has 0 aliphatic rings. The van der Waals surface area contributed by atoms with Crippen molar-refractivity contribution in [1.82, 2.24) is 5.32 Å². The fourth-order valence-electron chi connectivity index (χ4n) is 2.30. The molecule has 0 spiro atoms. The van der Waals surface area contributed by atoms with E-state index in [1.807, 2.05) is 6.07 Å². The van der Waals surface area contributed by atoms with E-state index < -0.39 is 23.9 Å². The first-order valence-electron chi connectivity index (χ1n) is 7.95. The predicted octanol–water partition coefficient (Wildman–Crippen LogP) is 2.98. The molecule has 0 radical (unpaired) electrons. The van der Waals surface area contributed by atoms with Crippen LogP contribution in [-0.2, 0) is 19.1 Å². The van der Waals surface area contributed by atoms with Crippen LogP contribution < -0.4 is 5.32 Å². The van der Waals surface area contributed by atoms with Gasteiger partial charge in [0, 0.05) is 10.0 Å². The molecule has 0 heterocycles. The van der Waals surface area contributed by atoms with E-state index in [4.69, 9.17) is 9.47 Å². The maximum Gasteiger partial charge on any atom is 0.336 e. The second-order valence-corrected chi connectivity index (χ2v) is 6.35. The second-order valence-electron chi connectivity index (χ2n) is 5.44. The van der Waals surface area contributed by atoms with Gasteiger partial charge in [-0.05, 0) is 35.9 Å². The molecule has 1 unspecified atom stereocenters. The van der Waals surface area contributed by atoms with Crippen molar-refractivity contribution in [2.24, 2.45) is 0 Å². The van der Waals surface area contributed by atoms with E-state index in [1.54, 1.807) is 48.5 Å². The van der Waals surface area contributed by atoms with Crippen LogP contribution >= 0.6 is 15.9 Å². The Bertz CT molecular complexity index is 846. The van der Waals surface area contributed by atoms with Crippen molar-refractivity contribution in [3.63, 3.8) is 0 Å². The normalized spacial score (nSPS) is 12.0. The van der Waals surface area contributed by atoms with Crippen LogP contribution in [0.3, 0.4) is 0 Å². The minimum atomic E-state index is -1.32. The Hall–Kier alpha value is -2.93.